The van der Waals surface area contributed by atoms with E-state index in [2.05, 4.69) is 26.0 Å². The maximum absolute atomic E-state index is 11.8. The maximum Gasteiger partial charge on any atom is 0.326 e. The van der Waals surface area contributed by atoms with Gasteiger partial charge in [-0.05, 0) is 31.1 Å². The lowest BCUT2D eigenvalue weighted by Crippen LogP contribution is -2.22. The van der Waals surface area contributed by atoms with E-state index in [1.54, 1.807) is 29.2 Å². The Morgan fingerprint density at radius 2 is 2.11 bits per heavy atom. The molecular formula is C18H15N7O2. The molecule has 0 spiro atoms. The molecule has 27 heavy (non-hydrogen) atoms. The number of carbonyl (C=O) groups excluding carboxylic acids is 2. The second kappa shape index (κ2) is 5.90. The van der Waals surface area contributed by atoms with Gasteiger partial charge in [0.05, 0.1) is 11.9 Å². The van der Waals surface area contributed by atoms with E-state index >= 15 is 0 Å². The first-order valence-corrected chi connectivity index (χ1v) is 8.57. The highest BCUT2D eigenvalue weighted by Gasteiger charge is 2.25. The SMILES string of the molecule is O=C1NC(=O)/C(=C/c2cnn3c(NC4CC4)cc(-c4cccnc4)nc23)N1. The molecule has 3 amide bonds. The smallest absolute Gasteiger partial charge is 0.326 e. The summed E-state index contributed by atoms with van der Waals surface area (Å²) >= 11 is 0. The van der Waals surface area contributed by atoms with Crippen LogP contribution in [-0.2, 0) is 4.79 Å². The van der Waals surface area contributed by atoms with E-state index in [-0.39, 0.29) is 5.70 Å². The highest BCUT2D eigenvalue weighted by molar-refractivity contribution is 6.14. The number of amides is 3. The first kappa shape index (κ1) is 15.5. The highest BCUT2D eigenvalue weighted by atomic mass is 16.2. The van der Waals surface area contributed by atoms with Crippen molar-refractivity contribution in [3.8, 4) is 11.3 Å². The first-order valence-electron chi connectivity index (χ1n) is 8.57. The fourth-order valence-corrected chi connectivity index (χ4v) is 2.92. The van der Waals surface area contributed by atoms with Crippen molar-refractivity contribution in [2.45, 2.75) is 18.9 Å². The summed E-state index contributed by atoms with van der Waals surface area (Å²) < 4.78 is 1.71. The van der Waals surface area contributed by atoms with Crippen LogP contribution in [0.15, 0.2) is 42.5 Å². The topological polar surface area (TPSA) is 113 Å². The van der Waals surface area contributed by atoms with Gasteiger partial charge in [0.1, 0.15) is 11.5 Å². The Balaban J connectivity index is 1.66. The summed E-state index contributed by atoms with van der Waals surface area (Å²) in [6.45, 7) is 0. The average Bonchev–Trinajstić information content (AvgIpc) is 3.31. The van der Waals surface area contributed by atoms with Gasteiger partial charge >= 0.3 is 6.03 Å². The van der Waals surface area contributed by atoms with Gasteiger partial charge in [-0.2, -0.15) is 9.61 Å². The lowest BCUT2D eigenvalue weighted by atomic mass is 10.2. The number of nitrogens with zero attached hydrogens (tertiary/aromatic N) is 4. The van der Waals surface area contributed by atoms with Crippen molar-refractivity contribution in [2.75, 3.05) is 5.32 Å². The number of anilines is 1. The zero-order valence-electron chi connectivity index (χ0n) is 14.1. The quantitative estimate of drug-likeness (QED) is 0.480. The predicted octanol–water partition coefficient (Wildman–Crippen LogP) is 1.55. The number of pyridine rings is 1. The van der Waals surface area contributed by atoms with Crippen molar-refractivity contribution in [3.63, 3.8) is 0 Å². The van der Waals surface area contributed by atoms with Crippen LogP contribution in [-0.4, -0.2) is 37.6 Å². The molecule has 3 N–H and O–H groups in total. The Kier molecular flexibility index (Phi) is 3.39. The van der Waals surface area contributed by atoms with Crippen molar-refractivity contribution >= 4 is 29.5 Å². The van der Waals surface area contributed by atoms with Crippen LogP contribution in [0.25, 0.3) is 23.0 Å². The van der Waals surface area contributed by atoms with Gasteiger partial charge in [0.2, 0.25) is 0 Å². The summed E-state index contributed by atoms with van der Waals surface area (Å²) in [6.07, 6.45) is 8.90. The van der Waals surface area contributed by atoms with Crippen LogP contribution in [0, 0.1) is 0 Å². The van der Waals surface area contributed by atoms with Crippen LogP contribution >= 0.6 is 0 Å². The molecule has 0 bridgehead atoms. The van der Waals surface area contributed by atoms with Crippen molar-refractivity contribution < 1.29 is 9.59 Å². The lowest BCUT2D eigenvalue weighted by Gasteiger charge is -2.10. The fraction of sp³-hybridized carbons (Fsp3) is 0.167. The van der Waals surface area contributed by atoms with E-state index in [1.165, 1.54) is 0 Å². The standard InChI is InChI=1S/C18H15N7O2/c26-17-14(23-18(27)24-17)6-11-9-20-25-15(21-12-3-4-12)7-13(22-16(11)25)10-2-1-5-19-8-10/h1-2,5-9,12,21H,3-4H2,(H2,23,24,26,27)/b14-6-. The third-order valence-corrected chi connectivity index (χ3v) is 4.41. The lowest BCUT2D eigenvalue weighted by molar-refractivity contribution is -0.115. The van der Waals surface area contributed by atoms with Crippen LogP contribution in [0.5, 0.6) is 0 Å². The molecule has 5 rings (SSSR count). The third kappa shape index (κ3) is 2.88. The predicted molar refractivity (Wildman–Crippen MR) is 97.5 cm³/mol. The van der Waals surface area contributed by atoms with Gasteiger partial charge in [-0.25, -0.2) is 9.78 Å². The van der Waals surface area contributed by atoms with Gasteiger partial charge in [0.15, 0.2) is 5.65 Å². The first-order chi connectivity index (χ1) is 13.2. The molecule has 1 saturated carbocycles. The molecule has 0 atom stereocenters. The highest BCUT2D eigenvalue weighted by Crippen LogP contribution is 2.29. The second-order valence-electron chi connectivity index (χ2n) is 6.49. The molecule has 134 valence electrons. The molecule has 2 aliphatic rings. The number of rotatable bonds is 4. The molecule has 4 heterocycles. The molecule has 1 aliphatic carbocycles. The molecule has 0 aromatic carbocycles. The summed E-state index contributed by atoms with van der Waals surface area (Å²) in [7, 11) is 0. The average molecular weight is 361 g/mol. The fourth-order valence-electron chi connectivity index (χ4n) is 2.92. The third-order valence-electron chi connectivity index (χ3n) is 4.41. The molecule has 0 radical (unpaired) electrons. The Hall–Kier alpha value is -3.75. The van der Waals surface area contributed by atoms with Crippen LogP contribution in [0.2, 0.25) is 0 Å². The Labute approximate surface area is 153 Å². The summed E-state index contributed by atoms with van der Waals surface area (Å²) in [5.74, 6) is 0.352. The van der Waals surface area contributed by atoms with Gasteiger partial charge in [-0.1, -0.05) is 0 Å². The number of urea groups is 1. The Bertz CT molecular complexity index is 1100. The van der Waals surface area contributed by atoms with Crippen molar-refractivity contribution in [1.29, 1.82) is 0 Å². The van der Waals surface area contributed by atoms with E-state index in [1.807, 2.05) is 18.2 Å². The minimum absolute atomic E-state index is 0.167. The van der Waals surface area contributed by atoms with Crippen LogP contribution < -0.4 is 16.0 Å². The molecule has 1 aliphatic heterocycles. The van der Waals surface area contributed by atoms with Gasteiger partial charge in [0.25, 0.3) is 5.91 Å². The number of hydrogen-bond acceptors (Lipinski definition) is 6. The van der Waals surface area contributed by atoms with Gasteiger partial charge in [-0.3, -0.25) is 15.1 Å². The van der Waals surface area contributed by atoms with Crippen LogP contribution in [0.3, 0.4) is 0 Å². The minimum Gasteiger partial charge on any atom is -0.367 e. The van der Waals surface area contributed by atoms with Crippen molar-refractivity contribution in [3.05, 3.63) is 48.1 Å². The normalized spacial score (nSPS) is 18.0. The molecular weight excluding hydrogens is 346 g/mol. The minimum atomic E-state index is -0.539. The number of hydrogen-bond donors (Lipinski definition) is 3. The zero-order valence-corrected chi connectivity index (χ0v) is 14.1. The van der Waals surface area contributed by atoms with Gasteiger partial charge < -0.3 is 10.6 Å². The monoisotopic (exact) mass is 361 g/mol. The summed E-state index contributed by atoms with van der Waals surface area (Å²) in [6, 6.07) is 5.63. The number of carbonyl (C=O) groups is 2. The largest absolute Gasteiger partial charge is 0.367 e. The van der Waals surface area contributed by atoms with E-state index in [9.17, 15) is 9.59 Å². The zero-order chi connectivity index (χ0) is 18.4. The molecule has 9 heteroatoms. The molecule has 0 unspecified atom stereocenters. The van der Waals surface area contributed by atoms with Crippen LogP contribution in [0.4, 0.5) is 10.6 Å². The Morgan fingerprint density at radius 1 is 1.22 bits per heavy atom. The number of imide groups is 1. The summed E-state index contributed by atoms with van der Waals surface area (Å²) in [4.78, 5) is 32.0. The van der Waals surface area contributed by atoms with Crippen molar-refractivity contribution in [2.24, 2.45) is 0 Å². The summed E-state index contributed by atoms with van der Waals surface area (Å²) in [5, 5.41) is 12.5. The number of aromatic nitrogens is 4. The molecule has 3 aromatic rings. The molecule has 9 nitrogen and oxygen atoms in total. The van der Waals surface area contributed by atoms with Gasteiger partial charge in [0, 0.05) is 35.6 Å². The number of fused-ring (bicyclic) bond motifs is 1. The Morgan fingerprint density at radius 3 is 2.81 bits per heavy atom. The molecule has 3 aromatic heterocycles. The van der Waals surface area contributed by atoms with Gasteiger partial charge in [-0.15, -0.1) is 0 Å². The second-order valence-corrected chi connectivity index (χ2v) is 6.49. The van der Waals surface area contributed by atoms with E-state index in [4.69, 9.17) is 4.98 Å². The van der Waals surface area contributed by atoms with Crippen molar-refractivity contribution in [1.82, 2.24) is 30.2 Å². The molecule has 1 saturated heterocycles. The number of nitrogens with one attached hydrogen (secondary N) is 3. The van der Waals surface area contributed by atoms with E-state index in [0.29, 0.717) is 17.3 Å². The van der Waals surface area contributed by atoms with E-state index in [0.717, 1.165) is 29.9 Å². The maximum atomic E-state index is 11.8. The van der Waals surface area contributed by atoms with E-state index < -0.39 is 11.9 Å². The summed E-state index contributed by atoms with van der Waals surface area (Å²) in [5.41, 5.74) is 3.01. The van der Waals surface area contributed by atoms with Crippen LogP contribution in [0.1, 0.15) is 18.4 Å². The molecule has 2 fully saturated rings.